The summed E-state index contributed by atoms with van der Waals surface area (Å²) in [6.45, 7) is 1.21. The van der Waals surface area contributed by atoms with Crippen molar-refractivity contribution in [3.8, 4) is 0 Å². The standard InChI is InChI=1S/C29H31F2NO10/c1-26-8-7-16(33)9-19(26)20(30)10-18-17-11-22(34)29(38,27(17,2)12-23(35)28(18,26)31)24(36)14-42-25(37)41-13-15-5-3-4-6-21(15)32(39)40/h3-9,17-18,20,22-23,34-35,38H,10-14H2,1-2H3/t17-,18-,20-,22+,23-,26-,27-,28-,29-/m0/s1. The lowest BCUT2D eigenvalue weighted by Gasteiger charge is -2.62. The second-order valence-electron chi connectivity index (χ2n) is 12.0. The van der Waals surface area contributed by atoms with Crippen molar-refractivity contribution < 1.29 is 52.9 Å². The zero-order valence-electron chi connectivity index (χ0n) is 22.9. The van der Waals surface area contributed by atoms with Crippen LogP contribution in [-0.2, 0) is 25.7 Å². The number of carbonyl (C=O) groups is 3. The van der Waals surface area contributed by atoms with Gasteiger partial charge in [0, 0.05) is 22.8 Å². The second-order valence-corrected chi connectivity index (χ2v) is 12.0. The van der Waals surface area contributed by atoms with Crippen molar-refractivity contribution in [2.45, 2.75) is 69.4 Å². The number of nitrogens with zero attached hydrogens (tertiary/aromatic N) is 1. The van der Waals surface area contributed by atoms with E-state index in [1.165, 1.54) is 44.2 Å². The normalized spacial score (nSPS) is 40.3. The van der Waals surface area contributed by atoms with E-state index < -0.39 is 101 Å². The number of hydrogen-bond acceptors (Lipinski definition) is 10. The molecule has 0 amide bonds. The third-order valence-corrected chi connectivity index (χ3v) is 10.1. The summed E-state index contributed by atoms with van der Waals surface area (Å²) in [5.74, 6) is -3.85. The first kappa shape index (κ1) is 29.9. The maximum absolute atomic E-state index is 17.2. The van der Waals surface area contributed by atoms with E-state index in [2.05, 4.69) is 0 Å². The molecule has 0 radical (unpaired) electrons. The van der Waals surface area contributed by atoms with E-state index in [1.54, 1.807) is 0 Å². The van der Waals surface area contributed by atoms with Crippen LogP contribution in [0.25, 0.3) is 0 Å². The van der Waals surface area contributed by atoms with Crippen molar-refractivity contribution in [1.29, 1.82) is 0 Å². The van der Waals surface area contributed by atoms with E-state index in [0.717, 1.165) is 12.2 Å². The van der Waals surface area contributed by atoms with Gasteiger partial charge in [0.15, 0.2) is 23.7 Å². The molecule has 5 rings (SSSR count). The number of para-hydroxylation sites is 1. The van der Waals surface area contributed by atoms with Gasteiger partial charge < -0.3 is 24.8 Å². The van der Waals surface area contributed by atoms with Crippen LogP contribution in [0, 0.1) is 32.8 Å². The molecule has 0 heterocycles. The van der Waals surface area contributed by atoms with Crippen molar-refractivity contribution in [3.05, 3.63) is 63.7 Å². The summed E-state index contributed by atoms with van der Waals surface area (Å²) in [7, 11) is 0. The third-order valence-electron chi connectivity index (χ3n) is 10.1. The molecule has 9 atom stereocenters. The number of aliphatic hydroxyl groups excluding tert-OH is 2. The zero-order valence-corrected chi connectivity index (χ0v) is 22.9. The average Bonchev–Trinajstić information content (AvgIpc) is 3.14. The Morgan fingerprint density at radius 1 is 1.12 bits per heavy atom. The number of aliphatic hydroxyl groups is 3. The summed E-state index contributed by atoms with van der Waals surface area (Å²) in [5.41, 5.74) is -8.72. The Morgan fingerprint density at radius 2 is 1.81 bits per heavy atom. The van der Waals surface area contributed by atoms with Crippen molar-refractivity contribution >= 4 is 23.4 Å². The molecule has 3 saturated carbocycles. The highest BCUT2D eigenvalue weighted by atomic mass is 19.1. The molecular formula is C29H31F2NO10. The second kappa shape index (κ2) is 10.0. The molecule has 0 bridgehead atoms. The minimum absolute atomic E-state index is 0.0689. The van der Waals surface area contributed by atoms with Gasteiger partial charge in [-0.25, -0.2) is 13.6 Å². The maximum atomic E-state index is 17.2. The van der Waals surface area contributed by atoms with E-state index in [0.29, 0.717) is 0 Å². The fraction of sp³-hybridized carbons (Fsp3) is 0.552. The van der Waals surface area contributed by atoms with Gasteiger partial charge in [0.05, 0.1) is 22.7 Å². The Balaban J connectivity index is 1.35. The number of alkyl halides is 2. The van der Waals surface area contributed by atoms with Crippen LogP contribution in [0.5, 0.6) is 0 Å². The number of ether oxygens (including phenoxy) is 2. The Hall–Kier alpha value is -3.55. The summed E-state index contributed by atoms with van der Waals surface area (Å²) in [6.07, 6.45) is -4.51. The summed E-state index contributed by atoms with van der Waals surface area (Å²) < 4.78 is 42.4. The number of rotatable bonds is 6. The molecule has 0 aromatic heterocycles. The van der Waals surface area contributed by atoms with E-state index in [1.807, 2.05) is 0 Å². The van der Waals surface area contributed by atoms with Gasteiger partial charge >= 0.3 is 6.16 Å². The lowest BCUT2D eigenvalue weighted by Crippen LogP contribution is -2.71. The van der Waals surface area contributed by atoms with Crippen molar-refractivity contribution in [2.24, 2.45) is 22.7 Å². The lowest BCUT2D eigenvalue weighted by molar-refractivity contribution is -0.385. The van der Waals surface area contributed by atoms with E-state index >= 15 is 8.78 Å². The number of allylic oxidation sites excluding steroid dienone is 4. The first-order valence-electron chi connectivity index (χ1n) is 13.5. The van der Waals surface area contributed by atoms with Crippen molar-refractivity contribution in [2.75, 3.05) is 6.61 Å². The molecule has 13 heteroatoms. The molecule has 42 heavy (non-hydrogen) atoms. The monoisotopic (exact) mass is 591 g/mol. The van der Waals surface area contributed by atoms with Crippen LogP contribution in [0.3, 0.4) is 0 Å². The number of hydrogen-bond donors (Lipinski definition) is 3. The highest BCUT2D eigenvalue weighted by Gasteiger charge is 2.77. The molecule has 4 aliphatic carbocycles. The third kappa shape index (κ3) is 4.04. The summed E-state index contributed by atoms with van der Waals surface area (Å²) >= 11 is 0. The van der Waals surface area contributed by atoms with Crippen LogP contribution in [0.2, 0.25) is 0 Å². The van der Waals surface area contributed by atoms with Gasteiger partial charge in [-0.1, -0.05) is 25.1 Å². The molecule has 1 aromatic carbocycles. The van der Waals surface area contributed by atoms with Gasteiger partial charge in [0.25, 0.3) is 5.69 Å². The Kier molecular flexibility index (Phi) is 7.14. The Labute approximate surface area is 239 Å². The molecule has 1 aromatic rings. The quantitative estimate of drug-likeness (QED) is 0.254. The van der Waals surface area contributed by atoms with Crippen LogP contribution < -0.4 is 0 Å². The summed E-state index contributed by atoms with van der Waals surface area (Å²) in [4.78, 5) is 48.0. The number of fused-ring (bicyclic) bond motifs is 5. The first-order chi connectivity index (χ1) is 19.6. The Morgan fingerprint density at radius 3 is 2.50 bits per heavy atom. The predicted octanol–water partition coefficient (Wildman–Crippen LogP) is 2.84. The SMILES string of the molecule is C[C@]12C=CC(=O)C=C1[C@@H](F)C[C@H]1[C@@H]3C[C@@H](O)[C@](O)(C(=O)COC(=O)OCc4ccccc4[N+](=O)[O-])[C@@]3(C)C[C@H](O)[C@@]12F. The van der Waals surface area contributed by atoms with Crippen LogP contribution in [-0.4, -0.2) is 74.2 Å². The largest absolute Gasteiger partial charge is 0.509 e. The highest BCUT2D eigenvalue weighted by Crippen LogP contribution is 2.70. The lowest BCUT2D eigenvalue weighted by atomic mass is 9.44. The molecular weight excluding hydrogens is 560 g/mol. The number of halogens is 2. The van der Waals surface area contributed by atoms with Gasteiger partial charge in [0.2, 0.25) is 5.78 Å². The predicted molar refractivity (Wildman–Crippen MR) is 139 cm³/mol. The zero-order chi connectivity index (χ0) is 30.8. The molecule has 0 spiro atoms. The van der Waals surface area contributed by atoms with E-state index in [-0.39, 0.29) is 23.2 Å². The van der Waals surface area contributed by atoms with Gasteiger partial charge in [-0.15, -0.1) is 0 Å². The van der Waals surface area contributed by atoms with E-state index in [4.69, 9.17) is 9.47 Å². The van der Waals surface area contributed by atoms with Crippen LogP contribution in [0.15, 0.2) is 48.1 Å². The van der Waals surface area contributed by atoms with Crippen molar-refractivity contribution in [3.63, 3.8) is 0 Å². The number of Topliss-reactive ketones (excluding diaryl/α,β-unsaturated/α-hetero) is 1. The smallest absolute Gasteiger partial charge is 0.429 e. The highest BCUT2D eigenvalue weighted by molar-refractivity contribution is 6.01. The van der Waals surface area contributed by atoms with Gasteiger partial charge in [0.1, 0.15) is 12.8 Å². The van der Waals surface area contributed by atoms with Gasteiger partial charge in [-0.2, -0.15) is 0 Å². The first-order valence-corrected chi connectivity index (χ1v) is 13.5. The maximum Gasteiger partial charge on any atom is 0.509 e. The molecule has 3 N–H and O–H groups in total. The molecule has 0 saturated heterocycles. The van der Waals surface area contributed by atoms with Crippen LogP contribution >= 0.6 is 0 Å². The fourth-order valence-electron chi connectivity index (χ4n) is 7.95. The summed E-state index contributed by atoms with van der Waals surface area (Å²) in [6, 6.07) is 5.50. The minimum Gasteiger partial charge on any atom is -0.429 e. The van der Waals surface area contributed by atoms with E-state index in [9.17, 15) is 39.8 Å². The topological polar surface area (TPSA) is 174 Å². The molecule has 0 aliphatic heterocycles. The van der Waals surface area contributed by atoms with Crippen molar-refractivity contribution in [1.82, 2.24) is 0 Å². The minimum atomic E-state index is -2.60. The number of nitro groups is 1. The molecule has 4 aliphatic rings. The molecule has 0 unspecified atom stereocenters. The number of nitro benzene ring substituents is 1. The molecule has 226 valence electrons. The number of ketones is 2. The number of benzene rings is 1. The molecule has 11 nitrogen and oxygen atoms in total. The van der Waals surface area contributed by atoms with Gasteiger partial charge in [-0.05, 0) is 55.9 Å². The van der Waals surface area contributed by atoms with Crippen LogP contribution in [0.1, 0.15) is 38.7 Å². The summed E-state index contributed by atoms with van der Waals surface area (Å²) in [5, 5.41) is 45.1. The molecule has 3 fully saturated rings. The Bertz CT molecular complexity index is 1410. The number of carbonyl (C=O) groups excluding carboxylic acids is 3. The average molecular weight is 592 g/mol. The van der Waals surface area contributed by atoms with Crippen LogP contribution in [0.4, 0.5) is 19.3 Å². The van der Waals surface area contributed by atoms with Gasteiger partial charge in [-0.3, -0.25) is 19.7 Å². The fourth-order valence-corrected chi connectivity index (χ4v) is 7.95.